The number of aromatic nitrogens is 2. The first-order valence-electron chi connectivity index (χ1n) is 7.94. The second kappa shape index (κ2) is 7.49. The van der Waals surface area contributed by atoms with E-state index in [0.29, 0.717) is 30.0 Å². The van der Waals surface area contributed by atoms with E-state index in [1.54, 1.807) is 25.0 Å². The van der Waals surface area contributed by atoms with Crippen LogP contribution in [0.1, 0.15) is 30.6 Å². The summed E-state index contributed by atoms with van der Waals surface area (Å²) in [6.45, 7) is 4.59. The lowest BCUT2D eigenvalue weighted by molar-refractivity contribution is 0.0928. The highest BCUT2D eigenvalue weighted by molar-refractivity contribution is 6.00. The lowest BCUT2D eigenvalue weighted by Gasteiger charge is -2.23. The number of hydrogen-bond donors (Lipinski definition) is 2. The van der Waals surface area contributed by atoms with Crippen LogP contribution in [0.3, 0.4) is 0 Å². The van der Waals surface area contributed by atoms with Crippen LogP contribution >= 0.6 is 0 Å². The molecule has 2 aromatic rings. The summed E-state index contributed by atoms with van der Waals surface area (Å²) in [5, 5.41) is 16.5. The zero-order chi connectivity index (χ0) is 17.7. The topological polar surface area (TPSA) is 76.4 Å². The number of aryl methyl sites for hydroxylation is 1. The van der Waals surface area contributed by atoms with E-state index < -0.39 is 0 Å². The summed E-state index contributed by atoms with van der Waals surface area (Å²) in [6, 6.07) is 7.49. The molecule has 0 spiro atoms. The molecule has 0 unspecified atom stereocenters. The van der Waals surface area contributed by atoms with E-state index in [9.17, 15) is 4.79 Å². The fraction of sp³-hybridized carbons (Fsp3) is 0.444. The number of rotatable bonds is 7. The zero-order valence-corrected chi connectivity index (χ0v) is 14.7. The standard InChI is InChI=1S/C18H25N3O3/c1-18(2,9-10-22)12-19-17(23)14-11-21(3)20-16(14)13-7-5-6-8-15(13)24-4/h5-8,11,22H,9-10,12H2,1-4H3,(H,19,23). The molecule has 2 rings (SSSR count). The van der Waals surface area contributed by atoms with Crippen LogP contribution < -0.4 is 10.1 Å². The van der Waals surface area contributed by atoms with Gasteiger partial charge < -0.3 is 15.2 Å². The molecule has 0 atom stereocenters. The normalized spacial score (nSPS) is 11.4. The Bertz CT molecular complexity index is 707. The Hall–Kier alpha value is -2.34. The van der Waals surface area contributed by atoms with E-state index in [1.807, 2.05) is 38.1 Å². The van der Waals surface area contributed by atoms with Gasteiger partial charge in [0.15, 0.2) is 0 Å². The van der Waals surface area contributed by atoms with Crippen molar-refractivity contribution in [2.75, 3.05) is 20.3 Å². The van der Waals surface area contributed by atoms with Crippen molar-refractivity contribution in [3.63, 3.8) is 0 Å². The number of nitrogens with zero attached hydrogens (tertiary/aromatic N) is 2. The van der Waals surface area contributed by atoms with Crippen LogP contribution in [0.4, 0.5) is 0 Å². The average Bonchev–Trinajstić information content (AvgIpc) is 2.94. The van der Waals surface area contributed by atoms with Crippen LogP contribution in [-0.4, -0.2) is 41.1 Å². The van der Waals surface area contributed by atoms with Gasteiger partial charge in [-0.15, -0.1) is 0 Å². The Morgan fingerprint density at radius 1 is 1.38 bits per heavy atom. The summed E-state index contributed by atoms with van der Waals surface area (Å²) in [6.07, 6.45) is 2.33. The molecule has 0 saturated carbocycles. The fourth-order valence-electron chi connectivity index (χ4n) is 2.50. The number of carbonyl (C=O) groups is 1. The van der Waals surface area contributed by atoms with Crippen molar-refractivity contribution in [1.29, 1.82) is 0 Å². The number of amides is 1. The molecule has 0 aliphatic carbocycles. The molecule has 1 amide bonds. The van der Waals surface area contributed by atoms with Crippen molar-refractivity contribution in [1.82, 2.24) is 15.1 Å². The van der Waals surface area contributed by atoms with Crippen LogP contribution in [0, 0.1) is 5.41 Å². The molecule has 130 valence electrons. The Balaban J connectivity index is 2.27. The van der Waals surface area contributed by atoms with Gasteiger partial charge in [-0.05, 0) is 24.0 Å². The predicted octanol–water partition coefficient (Wildman–Crippen LogP) is 2.23. The Kier molecular flexibility index (Phi) is 5.62. The number of methoxy groups -OCH3 is 1. The Morgan fingerprint density at radius 2 is 2.08 bits per heavy atom. The first-order valence-corrected chi connectivity index (χ1v) is 7.94. The highest BCUT2D eigenvalue weighted by Gasteiger charge is 2.22. The van der Waals surface area contributed by atoms with Crippen molar-refractivity contribution in [3.05, 3.63) is 36.0 Å². The average molecular weight is 331 g/mol. The van der Waals surface area contributed by atoms with Gasteiger partial charge in [0.25, 0.3) is 5.91 Å². The first kappa shape index (κ1) is 18.0. The van der Waals surface area contributed by atoms with Crippen LogP contribution in [0.15, 0.2) is 30.5 Å². The van der Waals surface area contributed by atoms with Gasteiger partial charge in [0.2, 0.25) is 0 Å². The quantitative estimate of drug-likeness (QED) is 0.816. The molecule has 2 N–H and O–H groups in total. The van der Waals surface area contributed by atoms with E-state index >= 15 is 0 Å². The van der Waals surface area contributed by atoms with Crippen molar-refractivity contribution >= 4 is 5.91 Å². The largest absolute Gasteiger partial charge is 0.496 e. The molecular formula is C18H25N3O3. The van der Waals surface area contributed by atoms with E-state index in [4.69, 9.17) is 9.84 Å². The predicted molar refractivity (Wildman–Crippen MR) is 93.0 cm³/mol. The molecule has 0 aliphatic rings. The third kappa shape index (κ3) is 4.14. The number of benzene rings is 1. The number of aliphatic hydroxyl groups excluding tert-OH is 1. The second-order valence-corrected chi connectivity index (χ2v) is 6.59. The third-order valence-corrected chi connectivity index (χ3v) is 3.95. The molecule has 6 nitrogen and oxygen atoms in total. The molecule has 1 aromatic heterocycles. The number of carbonyl (C=O) groups excluding carboxylic acids is 1. The van der Waals surface area contributed by atoms with Crippen LogP contribution in [0.25, 0.3) is 11.3 Å². The highest BCUT2D eigenvalue weighted by atomic mass is 16.5. The maximum atomic E-state index is 12.6. The van der Waals surface area contributed by atoms with E-state index in [-0.39, 0.29) is 17.9 Å². The van der Waals surface area contributed by atoms with Crippen molar-refractivity contribution in [3.8, 4) is 17.0 Å². The van der Waals surface area contributed by atoms with Gasteiger partial charge in [0, 0.05) is 32.0 Å². The fourth-order valence-corrected chi connectivity index (χ4v) is 2.50. The number of aliphatic hydroxyl groups is 1. The van der Waals surface area contributed by atoms with Gasteiger partial charge in [0.05, 0.1) is 12.7 Å². The van der Waals surface area contributed by atoms with Gasteiger partial charge in [-0.2, -0.15) is 5.10 Å². The van der Waals surface area contributed by atoms with Crippen molar-refractivity contribution < 1.29 is 14.6 Å². The monoisotopic (exact) mass is 331 g/mol. The highest BCUT2D eigenvalue weighted by Crippen LogP contribution is 2.31. The first-order chi connectivity index (χ1) is 11.4. The molecule has 1 aromatic carbocycles. The number of para-hydroxylation sites is 1. The SMILES string of the molecule is COc1ccccc1-c1nn(C)cc1C(=O)NCC(C)(C)CCO. The van der Waals surface area contributed by atoms with Gasteiger partial charge in [-0.25, -0.2) is 0 Å². The van der Waals surface area contributed by atoms with Crippen LogP contribution in [0.2, 0.25) is 0 Å². The molecular weight excluding hydrogens is 306 g/mol. The van der Waals surface area contributed by atoms with Gasteiger partial charge in [-0.3, -0.25) is 9.48 Å². The Morgan fingerprint density at radius 3 is 2.75 bits per heavy atom. The summed E-state index contributed by atoms with van der Waals surface area (Å²) in [7, 11) is 3.38. The second-order valence-electron chi connectivity index (χ2n) is 6.59. The smallest absolute Gasteiger partial charge is 0.255 e. The number of hydrogen-bond acceptors (Lipinski definition) is 4. The summed E-state index contributed by atoms with van der Waals surface area (Å²) in [5.41, 5.74) is 1.70. The summed E-state index contributed by atoms with van der Waals surface area (Å²) >= 11 is 0. The Labute approximate surface area is 142 Å². The summed E-state index contributed by atoms with van der Waals surface area (Å²) < 4.78 is 7.00. The summed E-state index contributed by atoms with van der Waals surface area (Å²) in [4.78, 5) is 12.6. The van der Waals surface area contributed by atoms with E-state index in [2.05, 4.69) is 10.4 Å². The summed E-state index contributed by atoms with van der Waals surface area (Å²) in [5.74, 6) is 0.487. The van der Waals surface area contributed by atoms with Gasteiger partial charge in [0.1, 0.15) is 11.4 Å². The molecule has 0 saturated heterocycles. The van der Waals surface area contributed by atoms with Crippen LogP contribution in [-0.2, 0) is 7.05 Å². The molecule has 0 aliphatic heterocycles. The third-order valence-electron chi connectivity index (χ3n) is 3.95. The number of nitrogens with one attached hydrogen (secondary N) is 1. The van der Waals surface area contributed by atoms with E-state index in [0.717, 1.165) is 5.56 Å². The maximum Gasteiger partial charge on any atom is 0.255 e. The van der Waals surface area contributed by atoms with Crippen molar-refractivity contribution in [2.45, 2.75) is 20.3 Å². The van der Waals surface area contributed by atoms with Crippen molar-refractivity contribution in [2.24, 2.45) is 12.5 Å². The lowest BCUT2D eigenvalue weighted by atomic mass is 9.89. The minimum absolute atomic E-state index is 0.0994. The molecule has 24 heavy (non-hydrogen) atoms. The lowest BCUT2D eigenvalue weighted by Crippen LogP contribution is -2.34. The van der Waals surface area contributed by atoms with Crippen LogP contribution in [0.5, 0.6) is 5.75 Å². The zero-order valence-electron chi connectivity index (χ0n) is 14.7. The molecule has 0 bridgehead atoms. The maximum absolute atomic E-state index is 12.6. The molecule has 6 heteroatoms. The van der Waals surface area contributed by atoms with E-state index in [1.165, 1.54) is 0 Å². The van der Waals surface area contributed by atoms with Gasteiger partial charge in [-0.1, -0.05) is 26.0 Å². The molecule has 0 radical (unpaired) electrons. The number of ether oxygens (including phenoxy) is 1. The van der Waals surface area contributed by atoms with Gasteiger partial charge >= 0.3 is 0 Å². The minimum atomic E-state index is -0.185. The molecule has 1 heterocycles. The molecule has 0 fully saturated rings. The minimum Gasteiger partial charge on any atom is -0.496 e.